The van der Waals surface area contributed by atoms with Crippen LogP contribution in [-0.2, 0) is 47.3 Å². The first-order chi connectivity index (χ1) is 38.0. The maximum absolute atomic E-state index is 10.6. The van der Waals surface area contributed by atoms with Gasteiger partial charge in [-0.3, -0.25) is 0 Å². The normalized spacial score (nSPS) is 11.3. The lowest BCUT2D eigenvalue weighted by molar-refractivity contribution is -0.193. The van der Waals surface area contributed by atoms with E-state index >= 15 is 0 Å². The molecule has 0 aliphatic heterocycles. The Balaban J connectivity index is 0.000000384. The molecule has 424 valence electrons. The van der Waals surface area contributed by atoms with E-state index in [0.717, 1.165) is 62.5 Å². The van der Waals surface area contributed by atoms with Gasteiger partial charge in [-0.15, -0.1) is 0 Å². The van der Waals surface area contributed by atoms with Crippen molar-refractivity contribution in [2.45, 2.75) is 203 Å². The Morgan fingerprint density at radius 3 is 0.988 bits per heavy atom. The van der Waals surface area contributed by atoms with Crippen molar-refractivity contribution < 1.29 is 28.7 Å². The molecule has 0 heterocycles. The summed E-state index contributed by atoms with van der Waals surface area (Å²) in [5, 5.41) is 10.6. The minimum Gasteiger partial charge on any atom is -0.402 e. The smallest absolute Gasteiger partial charge is 0.373 e. The van der Waals surface area contributed by atoms with E-state index < -0.39 is 13.9 Å². The maximum atomic E-state index is 10.6. The summed E-state index contributed by atoms with van der Waals surface area (Å²) in [6, 6.07) is 45.7. The zero-order chi connectivity index (χ0) is 59.9. The standard InChI is InChI=1S/C37H50OSi.C34H42O.2CO2/c1-11-30-16-18-32(19-17-30)35-23-22-34(27-29(35)7)37(14-4,15-5)33-21-20-31(28(6)26-33)24-25-36(12-2,13-3)38-39(8,9)10;1-8-27-13-15-29(16-14-27)32-20-19-31(24-26(32)7)34(11-4,12-5)30-18-17-28(25(6)23-30)21-22-33(35,9-2)10-3;2*2-1-3/h16-23,26-27H,11-15H2,1-10H3;13-20,23-24,35H,8-12H2,1-7H3;;. The summed E-state index contributed by atoms with van der Waals surface area (Å²) in [5.41, 5.74) is 19.3. The number of rotatable bonds is 18. The molecule has 0 fully saturated rings. The van der Waals surface area contributed by atoms with Crippen molar-refractivity contribution in [3.63, 3.8) is 0 Å². The molecule has 0 saturated carbocycles. The molecule has 0 amide bonds. The van der Waals surface area contributed by atoms with Crippen molar-refractivity contribution in [1.82, 2.24) is 0 Å². The Morgan fingerprint density at radius 2 is 0.725 bits per heavy atom. The Bertz CT molecular complexity index is 3110. The highest BCUT2D eigenvalue weighted by Crippen LogP contribution is 2.43. The predicted molar refractivity (Wildman–Crippen MR) is 334 cm³/mol. The summed E-state index contributed by atoms with van der Waals surface area (Å²) in [6.07, 6.45) is 9.90. The maximum Gasteiger partial charge on any atom is 0.373 e. The van der Waals surface area contributed by atoms with Crippen LogP contribution >= 0.6 is 0 Å². The summed E-state index contributed by atoms with van der Waals surface area (Å²) >= 11 is 0. The average Bonchev–Trinajstić information content (AvgIpc) is 3.45. The molecule has 1 N–H and O–H groups in total. The molecule has 7 heteroatoms. The van der Waals surface area contributed by atoms with Gasteiger partial charge in [0.05, 0.1) is 0 Å². The monoisotopic (exact) mass is 1090 g/mol. The Morgan fingerprint density at radius 1 is 0.412 bits per heavy atom. The van der Waals surface area contributed by atoms with Gasteiger partial charge in [-0.25, -0.2) is 0 Å². The van der Waals surface area contributed by atoms with Crippen molar-refractivity contribution in [3.05, 3.63) is 188 Å². The third-order valence-electron chi connectivity index (χ3n) is 16.5. The highest BCUT2D eigenvalue weighted by molar-refractivity contribution is 6.69. The molecule has 6 aromatic rings. The van der Waals surface area contributed by atoms with Gasteiger partial charge in [0.25, 0.3) is 0 Å². The van der Waals surface area contributed by atoms with Crippen LogP contribution in [0.3, 0.4) is 0 Å². The lowest BCUT2D eigenvalue weighted by Gasteiger charge is -2.34. The minimum atomic E-state index is -1.71. The number of hydrogen-bond acceptors (Lipinski definition) is 6. The van der Waals surface area contributed by atoms with Gasteiger partial charge in [-0.05, 0) is 202 Å². The molecule has 6 nitrogen and oxygen atoms in total. The van der Waals surface area contributed by atoms with Gasteiger partial charge in [0.15, 0.2) is 8.32 Å². The third-order valence-corrected chi connectivity index (χ3v) is 17.5. The SMILES string of the molecule is CCc1ccc(-c2ccc(C(CC)(CC)c3ccc(C#CC(CC)(CC)O[Si](C)(C)C)c(C)c3)cc2C)cc1.CCc1ccc(-c2ccc(C(CC)(CC)c3ccc(C#CC(O)(CC)CC)c(C)c3)cc2C)cc1.O=C=O.O=C=O. The van der Waals surface area contributed by atoms with Crippen molar-refractivity contribution in [2.24, 2.45) is 0 Å². The van der Waals surface area contributed by atoms with Gasteiger partial charge in [0.1, 0.15) is 11.2 Å². The Hall–Kier alpha value is -6.66. The summed E-state index contributed by atoms with van der Waals surface area (Å²) in [4.78, 5) is 32.5. The first-order valence-corrected chi connectivity index (χ1v) is 32.6. The van der Waals surface area contributed by atoms with Gasteiger partial charge in [0, 0.05) is 22.0 Å². The third kappa shape index (κ3) is 17.2. The molecular formula is C73H92O6Si. The van der Waals surface area contributed by atoms with Crippen molar-refractivity contribution in [2.75, 3.05) is 0 Å². The zero-order valence-electron chi connectivity index (χ0n) is 51.6. The van der Waals surface area contributed by atoms with E-state index in [2.05, 4.69) is 248 Å². The van der Waals surface area contributed by atoms with E-state index in [-0.39, 0.29) is 28.7 Å². The van der Waals surface area contributed by atoms with E-state index in [1.165, 1.54) is 77.9 Å². The second kappa shape index (κ2) is 31.4. The lowest BCUT2D eigenvalue weighted by atomic mass is 9.69. The van der Waals surface area contributed by atoms with E-state index in [1.54, 1.807) is 0 Å². The molecule has 0 aromatic heterocycles. The predicted octanol–water partition coefficient (Wildman–Crippen LogP) is 17.8. The molecule has 6 aromatic carbocycles. The quantitative estimate of drug-likeness (QED) is 0.0680. The topological polar surface area (TPSA) is 97.7 Å². The molecule has 0 atom stereocenters. The molecule has 6 rings (SSSR count). The van der Waals surface area contributed by atoms with Gasteiger partial charge in [-0.2, -0.15) is 19.2 Å². The van der Waals surface area contributed by atoms with Crippen molar-refractivity contribution >= 4 is 20.6 Å². The summed E-state index contributed by atoms with van der Waals surface area (Å²) in [7, 11) is -1.71. The first-order valence-electron chi connectivity index (χ1n) is 29.1. The Kier molecular flexibility index (Phi) is 26.5. The van der Waals surface area contributed by atoms with Crippen molar-refractivity contribution in [3.8, 4) is 45.9 Å². The average molecular weight is 1090 g/mol. The fourth-order valence-corrected chi connectivity index (χ4v) is 12.6. The highest BCUT2D eigenvalue weighted by Gasteiger charge is 2.34. The molecule has 0 saturated heterocycles. The largest absolute Gasteiger partial charge is 0.402 e. The van der Waals surface area contributed by atoms with Crippen LogP contribution in [0.5, 0.6) is 0 Å². The summed E-state index contributed by atoms with van der Waals surface area (Å²) in [5.74, 6) is 13.5. The van der Waals surface area contributed by atoms with Gasteiger partial charge >= 0.3 is 12.3 Å². The van der Waals surface area contributed by atoms with E-state index in [1.807, 2.05) is 13.8 Å². The number of aliphatic hydroxyl groups is 1. The molecule has 0 aliphatic rings. The van der Waals surface area contributed by atoms with Crippen LogP contribution < -0.4 is 0 Å². The van der Waals surface area contributed by atoms with Crippen LogP contribution in [-0.4, -0.2) is 36.9 Å². The van der Waals surface area contributed by atoms with Crippen LogP contribution in [0.2, 0.25) is 19.6 Å². The number of aryl methyl sites for hydroxylation is 6. The summed E-state index contributed by atoms with van der Waals surface area (Å²) in [6.45, 7) is 37.6. The van der Waals surface area contributed by atoms with E-state index in [0.29, 0.717) is 12.8 Å². The van der Waals surface area contributed by atoms with Gasteiger partial charge < -0.3 is 9.53 Å². The molecule has 0 bridgehead atoms. The summed E-state index contributed by atoms with van der Waals surface area (Å²) < 4.78 is 6.59. The number of hydrogen-bond donors (Lipinski definition) is 1. The van der Waals surface area contributed by atoms with Crippen molar-refractivity contribution in [1.29, 1.82) is 0 Å². The van der Waals surface area contributed by atoms with E-state index in [4.69, 9.17) is 23.6 Å². The number of carbonyl (C=O) groups excluding carboxylic acids is 4. The second-order valence-corrected chi connectivity index (χ2v) is 26.5. The minimum absolute atomic E-state index is 0.0242. The second-order valence-electron chi connectivity index (χ2n) is 22.1. The molecule has 0 radical (unpaired) electrons. The molecule has 80 heavy (non-hydrogen) atoms. The Labute approximate surface area is 483 Å². The molecule has 0 unspecified atom stereocenters. The van der Waals surface area contributed by atoms with Crippen LogP contribution in [0, 0.1) is 51.4 Å². The van der Waals surface area contributed by atoms with Crippen LogP contribution in [0.4, 0.5) is 0 Å². The fourth-order valence-electron chi connectivity index (χ4n) is 11.1. The lowest BCUT2D eigenvalue weighted by Crippen LogP contribution is -2.41. The molecular weight excluding hydrogens is 1000 g/mol. The fraction of sp³-hybridized carbons (Fsp3) is 0.425. The zero-order valence-corrected chi connectivity index (χ0v) is 52.6. The number of benzene rings is 6. The molecule has 0 aliphatic carbocycles. The highest BCUT2D eigenvalue weighted by atomic mass is 28.4. The van der Waals surface area contributed by atoms with Crippen LogP contribution in [0.25, 0.3) is 22.3 Å². The first kappa shape index (κ1) is 67.6. The van der Waals surface area contributed by atoms with E-state index in [9.17, 15) is 5.11 Å². The van der Waals surface area contributed by atoms with Gasteiger partial charge in [0.2, 0.25) is 0 Å². The van der Waals surface area contributed by atoms with Gasteiger partial charge in [-0.1, -0.05) is 202 Å². The molecule has 0 spiro atoms. The van der Waals surface area contributed by atoms with Crippen LogP contribution in [0.1, 0.15) is 187 Å². The van der Waals surface area contributed by atoms with Crippen LogP contribution in [0.15, 0.2) is 121 Å².